The second-order valence-electron chi connectivity index (χ2n) is 8.99. The Morgan fingerprint density at radius 3 is 1.76 bits per heavy atom. The number of aliphatic hydroxyl groups excluding tert-OH is 2. The van der Waals surface area contributed by atoms with Crippen LogP contribution < -0.4 is 9.47 Å². The van der Waals surface area contributed by atoms with Crippen molar-refractivity contribution in [2.75, 3.05) is 26.4 Å². The Morgan fingerprint density at radius 2 is 1.21 bits per heavy atom. The minimum atomic E-state index is 0.0628. The number of aliphatic hydroxyl groups is 2. The summed E-state index contributed by atoms with van der Waals surface area (Å²) in [6.07, 6.45) is 15.0. The van der Waals surface area contributed by atoms with Crippen LogP contribution in [0, 0.1) is 13.8 Å². The fourth-order valence-corrected chi connectivity index (χ4v) is 3.85. The van der Waals surface area contributed by atoms with Crippen molar-refractivity contribution in [2.24, 2.45) is 0 Å². The summed E-state index contributed by atoms with van der Waals surface area (Å²) in [5.41, 5.74) is 3.73. The summed E-state index contributed by atoms with van der Waals surface area (Å²) < 4.78 is 10.7. The molecule has 0 aliphatic heterocycles. The molecule has 2 rings (SSSR count). The van der Waals surface area contributed by atoms with Crippen LogP contribution in [0.2, 0.25) is 0 Å². The molecule has 0 heterocycles. The van der Waals surface area contributed by atoms with Gasteiger partial charge in [0.05, 0.1) is 13.2 Å². The Kier molecular flexibility index (Phi) is 17.9. The van der Waals surface area contributed by atoms with Crippen molar-refractivity contribution in [3.8, 4) is 11.5 Å². The second kappa shape index (κ2) is 20.3. The third kappa shape index (κ3) is 15.0. The van der Waals surface area contributed by atoms with Gasteiger partial charge in [-0.2, -0.15) is 0 Å². The van der Waals surface area contributed by atoms with E-state index in [1.54, 1.807) is 0 Å². The fraction of sp³-hybridized carbons (Fsp3) is 0.600. The number of aryl methyl sites for hydroxylation is 3. The van der Waals surface area contributed by atoms with E-state index in [1.807, 2.05) is 38.1 Å². The summed E-state index contributed by atoms with van der Waals surface area (Å²) in [7, 11) is 0. The van der Waals surface area contributed by atoms with Crippen molar-refractivity contribution in [3.05, 3.63) is 59.2 Å². The van der Waals surface area contributed by atoms with E-state index >= 15 is 0 Å². The number of hydrogen-bond acceptors (Lipinski definition) is 4. The Balaban J connectivity index is 0.000000404. The molecule has 0 amide bonds. The van der Waals surface area contributed by atoms with E-state index in [0.29, 0.717) is 13.2 Å². The topological polar surface area (TPSA) is 58.9 Å². The summed E-state index contributed by atoms with van der Waals surface area (Å²) in [4.78, 5) is 0. The Labute approximate surface area is 208 Å². The molecule has 0 aromatic heterocycles. The van der Waals surface area contributed by atoms with Crippen LogP contribution in [0.3, 0.4) is 0 Å². The molecule has 0 bridgehead atoms. The van der Waals surface area contributed by atoms with Gasteiger partial charge in [0.2, 0.25) is 0 Å². The van der Waals surface area contributed by atoms with Gasteiger partial charge >= 0.3 is 0 Å². The predicted octanol–water partition coefficient (Wildman–Crippen LogP) is 7.20. The third-order valence-corrected chi connectivity index (χ3v) is 5.78. The van der Waals surface area contributed by atoms with Gasteiger partial charge in [-0.15, -0.1) is 0 Å². The molecule has 0 saturated carbocycles. The normalized spacial score (nSPS) is 10.5. The number of hydrogen-bond donors (Lipinski definition) is 2. The van der Waals surface area contributed by atoms with Gasteiger partial charge in [0, 0.05) is 0 Å². The van der Waals surface area contributed by atoms with Gasteiger partial charge in [0.1, 0.15) is 24.7 Å². The van der Waals surface area contributed by atoms with E-state index in [1.165, 1.54) is 75.3 Å². The SMILES string of the molecule is CCCCCCCCCCCCc1ccc(OCCO)cc1.Cc1ccc(OCCO)c(C)c1. The summed E-state index contributed by atoms with van der Waals surface area (Å²) >= 11 is 0. The minimum Gasteiger partial charge on any atom is -0.491 e. The monoisotopic (exact) mass is 472 g/mol. The van der Waals surface area contributed by atoms with E-state index in [4.69, 9.17) is 19.7 Å². The molecule has 2 aromatic carbocycles. The van der Waals surface area contributed by atoms with Gasteiger partial charge in [0.25, 0.3) is 0 Å². The number of unbranched alkanes of at least 4 members (excludes halogenated alkanes) is 9. The predicted molar refractivity (Wildman–Crippen MR) is 143 cm³/mol. The quantitative estimate of drug-likeness (QED) is 0.239. The number of rotatable bonds is 17. The molecular formula is C30H48O4. The molecule has 0 unspecified atom stereocenters. The van der Waals surface area contributed by atoms with Gasteiger partial charge in [-0.25, -0.2) is 0 Å². The average Bonchev–Trinajstić information content (AvgIpc) is 2.84. The zero-order valence-corrected chi connectivity index (χ0v) is 21.9. The summed E-state index contributed by atoms with van der Waals surface area (Å²) in [5, 5.41) is 17.3. The second-order valence-corrected chi connectivity index (χ2v) is 8.99. The van der Waals surface area contributed by atoms with Crippen LogP contribution in [0.5, 0.6) is 11.5 Å². The first kappa shape index (κ1) is 30.0. The molecule has 192 valence electrons. The molecule has 0 spiro atoms. The van der Waals surface area contributed by atoms with Gasteiger partial charge in [-0.05, 0) is 56.0 Å². The van der Waals surface area contributed by atoms with Gasteiger partial charge in [-0.1, -0.05) is 94.5 Å². The highest BCUT2D eigenvalue weighted by Gasteiger charge is 1.98. The number of benzene rings is 2. The smallest absolute Gasteiger partial charge is 0.122 e. The maximum atomic E-state index is 8.72. The first-order valence-electron chi connectivity index (χ1n) is 13.2. The van der Waals surface area contributed by atoms with Crippen LogP contribution in [-0.4, -0.2) is 36.6 Å². The molecule has 0 radical (unpaired) electrons. The molecule has 2 N–H and O–H groups in total. The average molecular weight is 473 g/mol. The first-order chi connectivity index (χ1) is 16.6. The molecule has 0 aliphatic carbocycles. The first-order valence-corrected chi connectivity index (χ1v) is 13.2. The molecule has 2 aromatic rings. The maximum absolute atomic E-state index is 8.72. The standard InChI is InChI=1S/C20H34O2.C10H14O2/c1-2-3-4-5-6-7-8-9-10-11-12-19-13-15-20(16-14-19)22-18-17-21;1-8-3-4-10(9(2)7-8)12-6-5-11/h13-16,21H,2-12,17-18H2,1H3;3-4,7,11H,5-6H2,1-2H3. The Morgan fingerprint density at radius 1 is 0.647 bits per heavy atom. The minimum absolute atomic E-state index is 0.0628. The lowest BCUT2D eigenvalue weighted by Gasteiger charge is -2.07. The van der Waals surface area contributed by atoms with Crippen LogP contribution in [0.25, 0.3) is 0 Å². The van der Waals surface area contributed by atoms with Crippen molar-refractivity contribution >= 4 is 0 Å². The van der Waals surface area contributed by atoms with Gasteiger partial charge in [-0.3, -0.25) is 0 Å². The Bertz CT molecular complexity index is 727. The highest BCUT2D eigenvalue weighted by molar-refractivity contribution is 5.35. The van der Waals surface area contributed by atoms with E-state index in [-0.39, 0.29) is 13.2 Å². The Hall–Kier alpha value is -2.04. The third-order valence-electron chi connectivity index (χ3n) is 5.78. The lowest BCUT2D eigenvalue weighted by molar-refractivity contribution is 0.200. The van der Waals surface area contributed by atoms with E-state index < -0.39 is 0 Å². The van der Waals surface area contributed by atoms with Crippen LogP contribution >= 0.6 is 0 Å². The van der Waals surface area contributed by atoms with E-state index in [0.717, 1.165) is 23.5 Å². The fourth-order valence-electron chi connectivity index (χ4n) is 3.85. The molecule has 0 atom stereocenters. The van der Waals surface area contributed by atoms with Crippen LogP contribution in [0.15, 0.2) is 42.5 Å². The van der Waals surface area contributed by atoms with Gasteiger partial charge < -0.3 is 19.7 Å². The van der Waals surface area contributed by atoms with E-state index in [2.05, 4.69) is 25.1 Å². The largest absolute Gasteiger partial charge is 0.491 e. The van der Waals surface area contributed by atoms with Crippen LogP contribution in [0.1, 0.15) is 87.8 Å². The lowest BCUT2D eigenvalue weighted by atomic mass is 10.0. The molecule has 4 nitrogen and oxygen atoms in total. The zero-order valence-electron chi connectivity index (χ0n) is 21.9. The summed E-state index contributed by atoms with van der Waals surface area (Å²) in [5.74, 6) is 1.70. The maximum Gasteiger partial charge on any atom is 0.122 e. The molecular weight excluding hydrogens is 424 g/mol. The van der Waals surface area contributed by atoms with Crippen molar-refractivity contribution < 1.29 is 19.7 Å². The molecule has 0 aliphatic rings. The van der Waals surface area contributed by atoms with E-state index in [9.17, 15) is 0 Å². The van der Waals surface area contributed by atoms with Gasteiger partial charge in [0.15, 0.2) is 0 Å². The number of ether oxygens (including phenoxy) is 2. The highest BCUT2D eigenvalue weighted by Crippen LogP contribution is 2.18. The molecule has 0 fully saturated rings. The lowest BCUT2D eigenvalue weighted by Crippen LogP contribution is -2.02. The zero-order chi connectivity index (χ0) is 24.9. The molecule has 0 saturated heterocycles. The summed E-state index contributed by atoms with van der Waals surface area (Å²) in [6.45, 7) is 7.19. The highest BCUT2D eigenvalue weighted by atomic mass is 16.5. The van der Waals surface area contributed by atoms with Crippen molar-refractivity contribution in [1.82, 2.24) is 0 Å². The summed E-state index contributed by atoms with van der Waals surface area (Å²) in [6, 6.07) is 14.3. The molecule has 34 heavy (non-hydrogen) atoms. The van der Waals surface area contributed by atoms with Crippen molar-refractivity contribution in [2.45, 2.75) is 91.4 Å². The van der Waals surface area contributed by atoms with Crippen LogP contribution in [-0.2, 0) is 6.42 Å². The van der Waals surface area contributed by atoms with Crippen LogP contribution in [0.4, 0.5) is 0 Å². The van der Waals surface area contributed by atoms with Crippen molar-refractivity contribution in [3.63, 3.8) is 0 Å². The molecule has 4 heteroatoms. The van der Waals surface area contributed by atoms with Crippen molar-refractivity contribution in [1.29, 1.82) is 0 Å².